The SMILES string of the molecule is CCCCCOc1ccc(-c2ccc(-c3ccc(C(=O)N[C@H]4C[C@@H](O)C(NCCNCCN)NC(=O)C5[C@@H](O)[C@@H](C)CN5C(=O)C([C@@H](C)O)NC(=O)C([C@H](O)[C@@H](O)c5ccc(O)cc5)CC(=O)C5C[C@@H](O)CC5C(=O)C([C@@H](C)O)NC4=O)cc3)cc2)cc1. The van der Waals surface area contributed by atoms with Crippen LogP contribution in [0.4, 0.5) is 0 Å². The van der Waals surface area contributed by atoms with Crippen molar-refractivity contribution in [1.29, 1.82) is 0 Å². The van der Waals surface area contributed by atoms with Crippen LogP contribution in [0.5, 0.6) is 11.5 Å². The number of amides is 5. The molecule has 3 aliphatic rings. The molecule has 16 N–H and O–H groups in total. The number of nitrogens with one attached hydrogen (secondary N) is 6. The molecule has 24 nitrogen and oxygen atoms in total. The fourth-order valence-corrected chi connectivity index (χ4v) is 11.7. The first-order chi connectivity index (χ1) is 42.0. The van der Waals surface area contributed by atoms with Crippen molar-refractivity contribution in [2.24, 2.45) is 29.4 Å². The maximum atomic E-state index is 14.8. The van der Waals surface area contributed by atoms with Crippen LogP contribution in [0.25, 0.3) is 22.3 Å². The van der Waals surface area contributed by atoms with Crippen molar-refractivity contribution in [3.8, 4) is 33.8 Å². The Hall–Kier alpha value is -7.23. The lowest BCUT2D eigenvalue weighted by molar-refractivity contribution is -0.148. The molecule has 478 valence electrons. The molecule has 4 aromatic rings. The van der Waals surface area contributed by atoms with E-state index in [2.05, 4.69) is 38.8 Å². The first-order valence-electron chi connectivity index (χ1n) is 30.2. The van der Waals surface area contributed by atoms with Crippen molar-refractivity contribution >= 4 is 41.1 Å². The summed E-state index contributed by atoms with van der Waals surface area (Å²) in [6.45, 7) is 7.26. The van der Waals surface area contributed by atoms with Gasteiger partial charge in [-0.25, -0.2) is 0 Å². The molecule has 7 rings (SSSR count). The molecule has 88 heavy (non-hydrogen) atoms. The number of unbranched alkanes of at least 4 members (excludes halogenated alkanes) is 2. The predicted octanol–water partition coefficient (Wildman–Crippen LogP) is 0.304. The molecule has 1 aliphatic carbocycles. The van der Waals surface area contributed by atoms with Crippen LogP contribution >= 0.6 is 0 Å². The second-order valence-corrected chi connectivity index (χ2v) is 23.4. The van der Waals surface area contributed by atoms with Gasteiger partial charge in [-0.3, -0.25) is 38.9 Å². The number of phenols is 1. The number of Topliss-reactive ketones (excluding diaryl/α,β-unsaturated/α-hetero) is 2. The quantitative estimate of drug-likeness (QED) is 0.0529. The van der Waals surface area contributed by atoms with Crippen molar-refractivity contribution in [3.05, 3.63) is 108 Å². The van der Waals surface area contributed by atoms with Crippen LogP contribution in [0.1, 0.15) is 94.7 Å². The Labute approximate surface area is 511 Å². The Kier molecular flexibility index (Phi) is 24.7. The largest absolute Gasteiger partial charge is 0.508 e. The van der Waals surface area contributed by atoms with E-state index in [1.54, 1.807) is 12.1 Å². The molecule has 16 atom stereocenters. The van der Waals surface area contributed by atoms with Gasteiger partial charge in [-0.2, -0.15) is 0 Å². The number of benzene rings is 4. The van der Waals surface area contributed by atoms with E-state index < -0.39 is 151 Å². The molecule has 7 unspecified atom stereocenters. The molecule has 2 saturated heterocycles. The van der Waals surface area contributed by atoms with Gasteiger partial charge < -0.3 is 82.8 Å². The van der Waals surface area contributed by atoms with Gasteiger partial charge in [-0.1, -0.05) is 87.4 Å². The molecule has 0 radical (unpaired) electrons. The molecule has 0 aromatic heterocycles. The number of aromatic hydroxyl groups is 1. The van der Waals surface area contributed by atoms with E-state index in [4.69, 9.17) is 10.5 Å². The van der Waals surface area contributed by atoms with Gasteiger partial charge in [0, 0.05) is 68.9 Å². The lowest BCUT2D eigenvalue weighted by Crippen LogP contribution is -2.63. The van der Waals surface area contributed by atoms with Gasteiger partial charge in [-0.05, 0) is 97.3 Å². The molecule has 2 aliphatic heterocycles. The summed E-state index contributed by atoms with van der Waals surface area (Å²) in [6.07, 6.45) is -12.9. The third-order valence-electron chi connectivity index (χ3n) is 16.8. The molecule has 4 aromatic carbocycles. The zero-order valence-corrected chi connectivity index (χ0v) is 50.0. The standard InChI is InChI=1S/C64H86N8O16/c1-5-6-7-28-88-45-22-18-40(19-23-45)38-10-8-37(9-11-38)39-12-14-42(15-13-39)60(83)68-49-32-51(78)59(67-27-26-66-25-24-65)71-63(86)54-55(79)34(2)33-72(54)64(87)53(36(4)74)70-61(84)48(58(82)56(80)41-16-20-43(75)21-17-41)31-50(77)46-29-44(76)30-47(46)57(81)52(35(3)73)69-62(49)85/h8-23,34-36,44,46-49,51-56,58-59,66-67,73-76,78-80,82H,5-7,24-33,65H2,1-4H3,(H,68,83)(H,69,85)(H,70,84)(H,71,86)/t34-,35+,36+,44+,46?,47?,48?,49-,51+,52?,53?,54?,55-,56-,58-,59?/m0/s1. The van der Waals surface area contributed by atoms with Gasteiger partial charge in [0.25, 0.3) is 5.91 Å². The van der Waals surface area contributed by atoms with Crippen LogP contribution in [0, 0.1) is 23.7 Å². The summed E-state index contributed by atoms with van der Waals surface area (Å²) in [5.74, 6) is -12.2. The molecule has 0 bridgehead atoms. The molecule has 2 heterocycles. The number of fused-ring (bicyclic) bond motifs is 2. The summed E-state index contributed by atoms with van der Waals surface area (Å²) in [7, 11) is 0. The van der Waals surface area contributed by atoms with Crippen LogP contribution < -0.4 is 42.4 Å². The van der Waals surface area contributed by atoms with E-state index in [-0.39, 0.29) is 55.9 Å². The summed E-state index contributed by atoms with van der Waals surface area (Å²) in [4.78, 5) is 104. The van der Waals surface area contributed by atoms with Gasteiger partial charge in [-0.15, -0.1) is 0 Å². The minimum atomic E-state index is -2.16. The second kappa shape index (κ2) is 31.8. The Morgan fingerprint density at radius 2 is 1.28 bits per heavy atom. The molecule has 0 spiro atoms. The molecular weight excluding hydrogens is 1140 g/mol. The highest BCUT2D eigenvalue weighted by Crippen LogP contribution is 2.38. The third kappa shape index (κ3) is 17.3. The first-order valence-corrected chi connectivity index (χ1v) is 30.2. The number of carbonyl (C=O) groups excluding carboxylic acids is 7. The molecule has 1 saturated carbocycles. The number of aliphatic hydroxyl groups is 7. The van der Waals surface area contributed by atoms with E-state index in [9.17, 15) is 74.4 Å². The zero-order valence-electron chi connectivity index (χ0n) is 50.0. The zero-order chi connectivity index (χ0) is 63.9. The van der Waals surface area contributed by atoms with Crippen LogP contribution in [-0.2, 0) is 28.8 Å². The number of nitrogens with two attached hydrogens (primary N) is 1. The molecule has 24 heteroatoms. The van der Waals surface area contributed by atoms with Crippen LogP contribution in [-0.4, -0.2) is 193 Å². The average molecular weight is 1220 g/mol. The summed E-state index contributed by atoms with van der Waals surface area (Å²) < 4.78 is 5.87. The van der Waals surface area contributed by atoms with Gasteiger partial charge in [0.15, 0.2) is 5.78 Å². The number of ketones is 2. The summed E-state index contributed by atoms with van der Waals surface area (Å²) in [6, 6.07) is 19.7. The Balaban J connectivity index is 1.22. The first kappa shape index (κ1) is 68.3. The number of carbonyl (C=O) groups is 7. The van der Waals surface area contributed by atoms with E-state index in [1.165, 1.54) is 50.2 Å². The number of nitrogens with zero attached hydrogens (tertiary/aromatic N) is 1. The Bertz CT molecular complexity index is 2990. The predicted molar refractivity (Wildman–Crippen MR) is 323 cm³/mol. The van der Waals surface area contributed by atoms with E-state index in [1.807, 2.05) is 48.5 Å². The topological polar surface area (TPSA) is 392 Å². The van der Waals surface area contributed by atoms with Crippen molar-refractivity contribution in [2.75, 3.05) is 39.3 Å². The maximum Gasteiger partial charge on any atom is 0.251 e. The smallest absolute Gasteiger partial charge is 0.251 e. The van der Waals surface area contributed by atoms with Crippen molar-refractivity contribution < 1.29 is 79.2 Å². The summed E-state index contributed by atoms with van der Waals surface area (Å²) in [5.41, 5.74) is 9.25. The van der Waals surface area contributed by atoms with Crippen molar-refractivity contribution in [1.82, 2.24) is 36.8 Å². The number of hydrogen-bond acceptors (Lipinski definition) is 19. The highest BCUT2D eigenvalue weighted by Gasteiger charge is 2.51. The highest BCUT2D eigenvalue weighted by atomic mass is 16.5. The van der Waals surface area contributed by atoms with Gasteiger partial charge >= 0.3 is 0 Å². The third-order valence-corrected chi connectivity index (χ3v) is 16.8. The summed E-state index contributed by atoms with van der Waals surface area (Å²) >= 11 is 0. The van der Waals surface area contributed by atoms with Gasteiger partial charge in [0.1, 0.15) is 53.7 Å². The number of hydrogen-bond donors (Lipinski definition) is 15. The maximum absolute atomic E-state index is 14.8. The molecular formula is C64H86N8O16. The lowest BCUT2D eigenvalue weighted by Gasteiger charge is -2.34. The normalized spacial score (nSPS) is 27.4. The number of aliphatic hydroxyl groups excluding tert-OH is 7. The van der Waals surface area contributed by atoms with E-state index in [0.717, 1.165) is 59.1 Å². The second-order valence-electron chi connectivity index (χ2n) is 23.4. The minimum absolute atomic E-state index is 0.0126. The average Bonchev–Trinajstić information content (AvgIpc) is 2.10. The van der Waals surface area contributed by atoms with Gasteiger partial charge in [0.05, 0.1) is 49.1 Å². The van der Waals surface area contributed by atoms with E-state index in [0.29, 0.717) is 13.2 Å². The number of phenolic OH excluding ortho intramolecular Hbond substituents is 1. The molecule has 3 fully saturated rings. The Morgan fingerprint density at radius 1 is 0.705 bits per heavy atom. The lowest BCUT2D eigenvalue weighted by atomic mass is 9.80. The number of rotatable bonds is 20. The fourth-order valence-electron chi connectivity index (χ4n) is 11.7. The fraction of sp³-hybridized carbons (Fsp3) is 0.516. The van der Waals surface area contributed by atoms with Gasteiger partial charge in [0.2, 0.25) is 23.6 Å². The van der Waals surface area contributed by atoms with Crippen LogP contribution in [0.3, 0.4) is 0 Å². The monoisotopic (exact) mass is 1220 g/mol. The molecule has 5 amide bonds. The van der Waals surface area contributed by atoms with Crippen LogP contribution in [0.15, 0.2) is 97.1 Å². The highest BCUT2D eigenvalue weighted by molar-refractivity contribution is 6.01. The van der Waals surface area contributed by atoms with E-state index >= 15 is 0 Å². The Morgan fingerprint density at radius 3 is 1.88 bits per heavy atom. The van der Waals surface area contributed by atoms with Crippen molar-refractivity contribution in [3.63, 3.8) is 0 Å². The van der Waals surface area contributed by atoms with Crippen LogP contribution in [0.2, 0.25) is 0 Å². The minimum Gasteiger partial charge on any atom is -0.508 e. The number of ether oxygens (including phenoxy) is 1. The van der Waals surface area contributed by atoms with Crippen molar-refractivity contribution in [2.45, 2.75) is 146 Å². The summed E-state index contributed by atoms with van der Waals surface area (Å²) in [5, 5.41) is 107.